The molecule has 0 aliphatic heterocycles. The summed E-state index contributed by atoms with van der Waals surface area (Å²) in [6, 6.07) is 12.5. The van der Waals surface area contributed by atoms with Gasteiger partial charge in [-0.25, -0.2) is 0 Å². The van der Waals surface area contributed by atoms with Crippen LogP contribution in [0.25, 0.3) is 11.1 Å². The molecular formula is C14H11Cl2NO. The lowest BCUT2D eigenvalue weighted by Crippen LogP contribution is -2.17. The summed E-state index contributed by atoms with van der Waals surface area (Å²) in [5.74, 6) is -0.139. The van der Waals surface area contributed by atoms with Gasteiger partial charge in [0.15, 0.2) is 0 Å². The normalized spacial score (nSPS) is 10.2. The maximum Gasteiger partial charge on any atom is 0.251 e. The summed E-state index contributed by atoms with van der Waals surface area (Å²) >= 11 is 12.3. The highest BCUT2D eigenvalue weighted by Crippen LogP contribution is 2.34. The van der Waals surface area contributed by atoms with Gasteiger partial charge < -0.3 is 5.32 Å². The van der Waals surface area contributed by atoms with E-state index >= 15 is 0 Å². The Balaban J connectivity index is 2.55. The molecule has 0 spiro atoms. The van der Waals surface area contributed by atoms with Gasteiger partial charge in [-0.3, -0.25) is 4.79 Å². The van der Waals surface area contributed by atoms with Crippen molar-refractivity contribution < 1.29 is 4.79 Å². The molecule has 0 bridgehead atoms. The molecule has 0 saturated heterocycles. The predicted molar refractivity (Wildman–Crippen MR) is 75.3 cm³/mol. The molecule has 0 aromatic heterocycles. The van der Waals surface area contributed by atoms with Crippen molar-refractivity contribution in [3.05, 3.63) is 58.1 Å². The Morgan fingerprint density at radius 3 is 2.28 bits per heavy atom. The molecule has 1 amide bonds. The molecule has 0 heterocycles. The van der Waals surface area contributed by atoms with Gasteiger partial charge in [-0.2, -0.15) is 0 Å². The first-order valence-electron chi connectivity index (χ1n) is 5.40. The molecule has 2 aromatic rings. The van der Waals surface area contributed by atoms with E-state index in [2.05, 4.69) is 5.32 Å². The Kier molecular flexibility index (Phi) is 3.90. The van der Waals surface area contributed by atoms with Crippen LogP contribution in [0.4, 0.5) is 0 Å². The number of carbonyl (C=O) groups is 1. The van der Waals surface area contributed by atoms with E-state index in [-0.39, 0.29) is 5.91 Å². The molecule has 18 heavy (non-hydrogen) atoms. The summed E-state index contributed by atoms with van der Waals surface area (Å²) in [5.41, 5.74) is 2.14. The first kappa shape index (κ1) is 12.9. The molecule has 2 aromatic carbocycles. The quantitative estimate of drug-likeness (QED) is 0.884. The summed E-state index contributed by atoms with van der Waals surface area (Å²) in [6.07, 6.45) is 0. The molecule has 92 valence electrons. The molecule has 0 aliphatic carbocycles. The Bertz CT molecular complexity index is 576. The third kappa shape index (κ3) is 2.50. The van der Waals surface area contributed by atoms with Crippen molar-refractivity contribution in [2.24, 2.45) is 0 Å². The van der Waals surface area contributed by atoms with Gasteiger partial charge in [0.2, 0.25) is 0 Å². The molecule has 1 N–H and O–H groups in total. The first-order chi connectivity index (χ1) is 8.63. The van der Waals surface area contributed by atoms with Crippen LogP contribution in [-0.4, -0.2) is 13.0 Å². The number of nitrogens with one attached hydrogen (secondary N) is 1. The van der Waals surface area contributed by atoms with Crippen LogP contribution in [0, 0.1) is 0 Å². The summed E-state index contributed by atoms with van der Waals surface area (Å²) in [5, 5.41) is 3.72. The number of benzene rings is 2. The largest absolute Gasteiger partial charge is 0.355 e. The third-order valence-corrected chi connectivity index (χ3v) is 3.23. The molecule has 2 nitrogen and oxygen atoms in total. The Morgan fingerprint density at radius 1 is 1.06 bits per heavy atom. The zero-order chi connectivity index (χ0) is 13.1. The van der Waals surface area contributed by atoms with Crippen molar-refractivity contribution in [1.82, 2.24) is 5.32 Å². The fourth-order valence-electron chi connectivity index (χ4n) is 1.73. The maximum absolute atomic E-state index is 11.6. The molecule has 2 rings (SSSR count). The average Bonchev–Trinajstić information content (AvgIpc) is 2.38. The van der Waals surface area contributed by atoms with Gasteiger partial charge in [0, 0.05) is 28.2 Å². The van der Waals surface area contributed by atoms with Crippen molar-refractivity contribution >= 4 is 29.1 Å². The lowest BCUT2D eigenvalue weighted by atomic mass is 10.0. The van der Waals surface area contributed by atoms with Crippen molar-refractivity contribution in [2.45, 2.75) is 0 Å². The minimum absolute atomic E-state index is 0.139. The monoisotopic (exact) mass is 279 g/mol. The van der Waals surface area contributed by atoms with Crippen LogP contribution in [0.5, 0.6) is 0 Å². The van der Waals surface area contributed by atoms with Crippen molar-refractivity contribution in [3.63, 3.8) is 0 Å². The van der Waals surface area contributed by atoms with Gasteiger partial charge in [-0.05, 0) is 29.8 Å². The summed E-state index contributed by atoms with van der Waals surface area (Å²) in [7, 11) is 1.59. The predicted octanol–water partition coefficient (Wildman–Crippen LogP) is 4.02. The summed E-state index contributed by atoms with van der Waals surface area (Å²) in [6.45, 7) is 0. The van der Waals surface area contributed by atoms with E-state index in [1.807, 2.05) is 6.07 Å². The summed E-state index contributed by atoms with van der Waals surface area (Å²) in [4.78, 5) is 11.6. The maximum atomic E-state index is 11.6. The Morgan fingerprint density at radius 2 is 1.67 bits per heavy atom. The van der Waals surface area contributed by atoms with E-state index in [0.29, 0.717) is 15.6 Å². The van der Waals surface area contributed by atoms with Gasteiger partial charge in [0.1, 0.15) is 0 Å². The van der Waals surface area contributed by atoms with Crippen LogP contribution in [0.2, 0.25) is 10.0 Å². The molecule has 0 atom stereocenters. The standard InChI is InChI=1S/C14H11Cl2NO/c1-17-14(18)10-5-2-4-9(8-10)13-11(15)6-3-7-12(13)16/h2-8H,1H3,(H,17,18). The van der Waals surface area contributed by atoms with E-state index in [9.17, 15) is 4.79 Å². The minimum Gasteiger partial charge on any atom is -0.355 e. The highest BCUT2D eigenvalue weighted by Gasteiger charge is 2.10. The molecule has 0 unspecified atom stereocenters. The number of amides is 1. The average molecular weight is 280 g/mol. The van der Waals surface area contributed by atoms with Gasteiger partial charge in [-0.1, -0.05) is 41.4 Å². The second kappa shape index (κ2) is 5.42. The number of hydrogen-bond acceptors (Lipinski definition) is 1. The van der Waals surface area contributed by atoms with E-state index in [1.165, 1.54) is 0 Å². The molecule has 0 fully saturated rings. The second-order valence-corrected chi connectivity index (χ2v) is 4.57. The lowest BCUT2D eigenvalue weighted by Gasteiger charge is -2.08. The van der Waals surface area contributed by atoms with Crippen molar-refractivity contribution in [2.75, 3.05) is 7.05 Å². The SMILES string of the molecule is CNC(=O)c1cccc(-c2c(Cl)cccc2Cl)c1. The van der Waals surface area contributed by atoms with Crippen LogP contribution >= 0.6 is 23.2 Å². The lowest BCUT2D eigenvalue weighted by molar-refractivity contribution is 0.0963. The smallest absolute Gasteiger partial charge is 0.251 e. The van der Waals surface area contributed by atoms with E-state index in [4.69, 9.17) is 23.2 Å². The molecule has 0 saturated carbocycles. The fraction of sp³-hybridized carbons (Fsp3) is 0.0714. The highest BCUT2D eigenvalue weighted by molar-refractivity contribution is 6.39. The van der Waals surface area contributed by atoms with Crippen LogP contribution in [0.1, 0.15) is 10.4 Å². The zero-order valence-electron chi connectivity index (χ0n) is 9.71. The fourth-order valence-corrected chi connectivity index (χ4v) is 2.35. The molecule has 4 heteroatoms. The topological polar surface area (TPSA) is 29.1 Å². The van der Waals surface area contributed by atoms with Crippen LogP contribution in [-0.2, 0) is 0 Å². The van der Waals surface area contributed by atoms with Gasteiger partial charge in [-0.15, -0.1) is 0 Å². The molecular weight excluding hydrogens is 269 g/mol. The van der Waals surface area contributed by atoms with E-state index in [1.54, 1.807) is 43.4 Å². The number of hydrogen-bond donors (Lipinski definition) is 1. The van der Waals surface area contributed by atoms with E-state index in [0.717, 1.165) is 11.1 Å². The molecule has 0 radical (unpaired) electrons. The van der Waals surface area contributed by atoms with Gasteiger partial charge in [0.25, 0.3) is 5.91 Å². The molecule has 0 aliphatic rings. The van der Waals surface area contributed by atoms with Gasteiger partial charge in [0.05, 0.1) is 0 Å². The highest BCUT2D eigenvalue weighted by atomic mass is 35.5. The number of halogens is 2. The van der Waals surface area contributed by atoms with E-state index < -0.39 is 0 Å². The van der Waals surface area contributed by atoms with Crippen molar-refractivity contribution in [3.8, 4) is 11.1 Å². The van der Waals surface area contributed by atoms with Gasteiger partial charge >= 0.3 is 0 Å². The zero-order valence-corrected chi connectivity index (χ0v) is 11.2. The first-order valence-corrected chi connectivity index (χ1v) is 6.15. The second-order valence-electron chi connectivity index (χ2n) is 3.76. The number of carbonyl (C=O) groups excluding carboxylic acids is 1. The number of rotatable bonds is 2. The van der Waals surface area contributed by atoms with Crippen molar-refractivity contribution in [1.29, 1.82) is 0 Å². The Hall–Kier alpha value is -1.51. The van der Waals surface area contributed by atoms with Crippen LogP contribution < -0.4 is 5.32 Å². The van der Waals surface area contributed by atoms with Crippen LogP contribution in [0.3, 0.4) is 0 Å². The third-order valence-electron chi connectivity index (χ3n) is 2.60. The summed E-state index contributed by atoms with van der Waals surface area (Å²) < 4.78 is 0. The minimum atomic E-state index is -0.139. The Labute approximate surface area is 116 Å². The van der Waals surface area contributed by atoms with Crippen LogP contribution in [0.15, 0.2) is 42.5 Å².